The molecule has 0 unspecified atom stereocenters. The fraction of sp³-hybridized carbons (Fsp3) is 0.200. The normalized spacial score (nSPS) is 10.8. The molecule has 0 saturated carbocycles. The maximum absolute atomic E-state index is 11.6. The Morgan fingerprint density at radius 3 is 2.94 bits per heavy atom. The van der Waals surface area contributed by atoms with Gasteiger partial charge in [0.25, 0.3) is 0 Å². The number of hydrogen-bond donors (Lipinski definition) is 0. The summed E-state index contributed by atoms with van der Waals surface area (Å²) in [6.07, 6.45) is 1.70. The average molecular weight is 304 g/mol. The Labute approximate surface area is 105 Å². The molecule has 0 aromatic carbocycles. The highest BCUT2D eigenvalue weighted by Gasteiger charge is 2.21. The highest BCUT2D eigenvalue weighted by Crippen LogP contribution is 2.28. The van der Waals surface area contributed by atoms with Gasteiger partial charge in [-0.1, -0.05) is 11.6 Å². The molecule has 0 saturated heterocycles. The van der Waals surface area contributed by atoms with Crippen LogP contribution in [-0.4, -0.2) is 22.7 Å². The largest absolute Gasteiger partial charge is 0.465 e. The molecule has 0 spiro atoms. The summed E-state index contributed by atoms with van der Waals surface area (Å²) in [5.41, 5.74) is 1.84. The van der Waals surface area contributed by atoms with Crippen molar-refractivity contribution in [1.82, 2.24) is 9.61 Å². The second-order valence-electron chi connectivity index (χ2n) is 3.24. The van der Waals surface area contributed by atoms with Gasteiger partial charge in [0.05, 0.1) is 12.6 Å². The van der Waals surface area contributed by atoms with Crippen LogP contribution in [0.25, 0.3) is 5.52 Å². The Morgan fingerprint density at radius 2 is 2.31 bits per heavy atom. The quantitative estimate of drug-likeness (QED) is 0.761. The lowest BCUT2D eigenvalue weighted by Crippen LogP contribution is -2.02. The van der Waals surface area contributed by atoms with Crippen LogP contribution >= 0.6 is 27.5 Å². The Morgan fingerprint density at radius 1 is 1.62 bits per heavy atom. The maximum Gasteiger partial charge on any atom is 0.342 e. The fourth-order valence-electron chi connectivity index (χ4n) is 1.53. The third kappa shape index (κ3) is 1.60. The van der Waals surface area contributed by atoms with Crippen LogP contribution in [0, 0.1) is 6.92 Å². The first-order valence-electron chi connectivity index (χ1n) is 4.47. The zero-order valence-corrected chi connectivity index (χ0v) is 11.0. The summed E-state index contributed by atoms with van der Waals surface area (Å²) in [7, 11) is 1.33. The van der Waals surface area contributed by atoms with Crippen LogP contribution in [-0.2, 0) is 4.74 Å². The Kier molecular flexibility index (Phi) is 2.90. The molecule has 2 aromatic heterocycles. The van der Waals surface area contributed by atoms with E-state index in [2.05, 4.69) is 21.0 Å². The van der Waals surface area contributed by atoms with E-state index in [1.54, 1.807) is 16.8 Å². The summed E-state index contributed by atoms with van der Waals surface area (Å²) in [5, 5.41) is 4.75. The molecule has 0 amide bonds. The molecule has 4 nitrogen and oxygen atoms in total. The third-order valence-electron chi connectivity index (χ3n) is 2.33. The van der Waals surface area contributed by atoms with Crippen LogP contribution in [0.4, 0.5) is 0 Å². The highest BCUT2D eigenvalue weighted by atomic mass is 79.9. The zero-order chi connectivity index (χ0) is 11.9. The lowest BCUT2D eigenvalue weighted by atomic mass is 10.2. The number of ether oxygens (including phenoxy) is 1. The minimum atomic E-state index is -0.438. The van der Waals surface area contributed by atoms with Crippen molar-refractivity contribution >= 4 is 39.0 Å². The van der Waals surface area contributed by atoms with E-state index in [-0.39, 0.29) is 0 Å². The smallest absolute Gasteiger partial charge is 0.342 e. The highest BCUT2D eigenvalue weighted by molar-refractivity contribution is 9.10. The number of aryl methyl sites for hydroxylation is 1. The molecule has 0 N–H and O–H groups in total. The number of hydrogen-bond acceptors (Lipinski definition) is 3. The summed E-state index contributed by atoms with van der Waals surface area (Å²) in [5.74, 6) is -0.438. The van der Waals surface area contributed by atoms with E-state index in [9.17, 15) is 4.79 Å². The van der Waals surface area contributed by atoms with E-state index in [0.29, 0.717) is 20.7 Å². The zero-order valence-electron chi connectivity index (χ0n) is 8.62. The topological polar surface area (TPSA) is 43.6 Å². The Hall–Kier alpha value is -1.07. The van der Waals surface area contributed by atoms with Crippen molar-refractivity contribution in [3.8, 4) is 0 Å². The number of pyridine rings is 1. The van der Waals surface area contributed by atoms with E-state index < -0.39 is 5.97 Å². The van der Waals surface area contributed by atoms with Crippen LogP contribution in [0.1, 0.15) is 15.9 Å². The first-order valence-corrected chi connectivity index (χ1v) is 5.64. The molecule has 0 aliphatic carbocycles. The molecule has 0 aliphatic rings. The van der Waals surface area contributed by atoms with Crippen LogP contribution in [0.2, 0.25) is 5.02 Å². The maximum atomic E-state index is 11.6. The molecule has 0 radical (unpaired) electrons. The Balaban J connectivity index is 2.86. The summed E-state index contributed by atoms with van der Waals surface area (Å²) in [6.45, 7) is 1.83. The number of fused-ring (bicyclic) bond motifs is 1. The molecule has 2 aromatic rings. The van der Waals surface area contributed by atoms with E-state index in [0.717, 1.165) is 5.56 Å². The molecule has 0 bridgehead atoms. The number of carbonyl (C=O) groups excluding carboxylic acids is 1. The van der Waals surface area contributed by atoms with Crippen LogP contribution in [0.5, 0.6) is 0 Å². The molecule has 2 rings (SSSR count). The molecule has 0 atom stereocenters. The fourth-order valence-corrected chi connectivity index (χ4v) is 2.20. The summed E-state index contributed by atoms with van der Waals surface area (Å²) in [6, 6.07) is 1.73. The number of methoxy groups -OCH3 is 1. The van der Waals surface area contributed by atoms with Crippen molar-refractivity contribution < 1.29 is 9.53 Å². The molecular formula is C10H8BrClN2O2. The number of esters is 1. The van der Waals surface area contributed by atoms with E-state index in [1.165, 1.54) is 7.11 Å². The Bertz CT molecular complexity index is 580. The first-order chi connectivity index (χ1) is 7.56. The number of nitrogens with zero attached hydrogens (tertiary/aromatic N) is 2. The molecule has 2 heterocycles. The predicted octanol–water partition coefficient (Wildman–Crippen LogP) is 2.85. The minimum Gasteiger partial charge on any atom is -0.465 e. The number of carbonyl (C=O) groups is 1. The van der Waals surface area contributed by atoms with E-state index >= 15 is 0 Å². The molecule has 16 heavy (non-hydrogen) atoms. The van der Waals surface area contributed by atoms with Gasteiger partial charge in [-0.05, 0) is 34.5 Å². The molecule has 84 valence electrons. The molecule has 0 aliphatic heterocycles. The van der Waals surface area contributed by atoms with Gasteiger partial charge < -0.3 is 4.74 Å². The van der Waals surface area contributed by atoms with Gasteiger partial charge in [-0.3, -0.25) is 0 Å². The van der Waals surface area contributed by atoms with Crippen LogP contribution < -0.4 is 0 Å². The number of rotatable bonds is 1. The van der Waals surface area contributed by atoms with Crippen molar-refractivity contribution in [3.05, 3.63) is 33.0 Å². The average Bonchev–Trinajstić information content (AvgIpc) is 2.60. The SMILES string of the molecule is COC(=O)c1c(Br)nn2ccc(Cl)c(C)c12. The van der Waals surface area contributed by atoms with Gasteiger partial charge in [0, 0.05) is 11.2 Å². The summed E-state index contributed by atoms with van der Waals surface area (Å²) < 4.78 is 6.76. The van der Waals surface area contributed by atoms with E-state index in [4.69, 9.17) is 16.3 Å². The summed E-state index contributed by atoms with van der Waals surface area (Å²) in [4.78, 5) is 11.6. The second kappa shape index (κ2) is 4.07. The molecular weight excluding hydrogens is 295 g/mol. The number of halogens is 2. The summed E-state index contributed by atoms with van der Waals surface area (Å²) >= 11 is 9.24. The van der Waals surface area contributed by atoms with Crippen molar-refractivity contribution in [2.45, 2.75) is 6.92 Å². The monoisotopic (exact) mass is 302 g/mol. The van der Waals surface area contributed by atoms with Gasteiger partial charge in [0.2, 0.25) is 0 Å². The van der Waals surface area contributed by atoms with Gasteiger partial charge in [0.15, 0.2) is 0 Å². The van der Waals surface area contributed by atoms with Crippen LogP contribution in [0.15, 0.2) is 16.9 Å². The van der Waals surface area contributed by atoms with Crippen LogP contribution in [0.3, 0.4) is 0 Å². The van der Waals surface area contributed by atoms with Gasteiger partial charge in [0.1, 0.15) is 10.2 Å². The predicted molar refractivity (Wildman–Crippen MR) is 64.0 cm³/mol. The molecule has 6 heteroatoms. The van der Waals surface area contributed by atoms with Crippen molar-refractivity contribution in [2.24, 2.45) is 0 Å². The second-order valence-corrected chi connectivity index (χ2v) is 4.40. The van der Waals surface area contributed by atoms with Gasteiger partial charge in [-0.2, -0.15) is 5.10 Å². The van der Waals surface area contributed by atoms with Gasteiger partial charge in [-0.15, -0.1) is 0 Å². The lowest BCUT2D eigenvalue weighted by Gasteiger charge is -2.02. The van der Waals surface area contributed by atoms with Crippen molar-refractivity contribution in [1.29, 1.82) is 0 Å². The van der Waals surface area contributed by atoms with Crippen molar-refractivity contribution in [3.63, 3.8) is 0 Å². The van der Waals surface area contributed by atoms with Crippen molar-refractivity contribution in [2.75, 3.05) is 7.11 Å². The lowest BCUT2D eigenvalue weighted by molar-refractivity contribution is 0.0602. The third-order valence-corrected chi connectivity index (χ3v) is 3.30. The van der Waals surface area contributed by atoms with Gasteiger partial charge in [-0.25, -0.2) is 9.31 Å². The number of aromatic nitrogens is 2. The molecule has 0 fully saturated rings. The minimum absolute atomic E-state index is 0.391. The standard InChI is InChI=1S/C10H8BrClN2O2/c1-5-6(12)3-4-14-8(5)7(9(11)13-14)10(15)16-2/h3-4H,1-2H3. The van der Waals surface area contributed by atoms with E-state index in [1.807, 2.05) is 6.92 Å². The first kappa shape index (κ1) is 11.4. The van der Waals surface area contributed by atoms with Gasteiger partial charge >= 0.3 is 5.97 Å².